The molecule has 0 amide bonds. The van der Waals surface area contributed by atoms with Crippen molar-refractivity contribution in [1.82, 2.24) is 0 Å². The number of nitro groups is 1. The van der Waals surface area contributed by atoms with Crippen molar-refractivity contribution in [2.75, 3.05) is 0 Å². The number of esters is 1. The van der Waals surface area contributed by atoms with E-state index >= 15 is 0 Å². The summed E-state index contributed by atoms with van der Waals surface area (Å²) in [6, 6.07) is 14.3. The Hall–Kier alpha value is -3.46. The molecule has 0 spiro atoms. The first-order valence-corrected chi connectivity index (χ1v) is 6.32. The normalized spacial score (nSPS) is 14.8. The fourth-order valence-electron chi connectivity index (χ4n) is 2.24. The van der Waals surface area contributed by atoms with Crippen LogP contribution in [0.1, 0.15) is 21.5 Å². The van der Waals surface area contributed by atoms with Crippen molar-refractivity contribution in [3.63, 3.8) is 0 Å². The van der Waals surface area contributed by atoms with Gasteiger partial charge in [0.2, 0.25) is 0 Å². The Kier molecular flexibility index (Phi) is 3.16. The van der Waals surface area contributed by atoms with Gasteiger partial charge < -0.3 is 4.74 Å². The van der Waals surface area contributed by atoms with Crippen LogP contribution in [-0.4, -0.2) is 10.9 Å². The second-order valence-electron chi connectivity index (χ2n) is 4.56. The number of fused-ring (bicyclic) bond motifs is 1. The predicted molar refractivity (Wildman–Crippen MR) is 77.4 cm³/mol. The van der Waals surface area contributed by atoms with Gasteiger partial charge >= 0.3 is 5.97 Å². The van der Waals surface area contributed by atoms with Crippen molar-refractivity contribution < 1.29 is 14.5 Å². The van der Waals surface area contributed by atoms with Crippen molar-refractivity contribution in [2.45, 2.75) is 0 Å². The Labute approximate surface area is 125 Å². The van der Waals surface area contributed by atoms with E-state index < -0.39 is 10.9 Å². The van der Waals surface area contributed by atoms with E-state index in [1.165, 1.54) is 24.3 Å². The first-order chi connectivity index (χ1) is 10.6. The van der Waals surface area contributed by atoms with E-state index in [1.54, 1.807) is 24.3 Å². The van der Waals surface area contributed by atoms with Crippen molar-refractivity contribution in [3.05, 3.63) is 75.3 Å². The predicted octanol–water partition coefficient (Wildman–Crippen LogP) is 3.16. The number of allylic oxidation sites excluding steroid dienone is 1. The Balaban J connectivity index is 2.14. The Morgan fingerprint density at radius 3 is 2.32 bits per heavy atom. The van der Waals surface area contributed by atoms with Crippen LogP contribution in [0, 0.1) is 21.4 Å². The molecule has 1 aliphatic rings. The number of hydrogen-bond acceptors (Lipinski definition) is 5. The number of carbonyl (C=O) groups excluding carboxylic acids is 1. The average Bonchev–Trinajstić information content (AvgIpc) is 2.86. The quantitative estimate of drug-likeness (QED) is 0.367. The van der Waals surface area contributed by atoms with Crippen LogP contribution in [0.3, 0.4) is 0 Å². The van der Waals surface area contributed by atoms with Crippen molar-refractivity contribution >= 4 is 23.0 Å². The molecule has 6 heteroatoms. The first kappa shape index (κ1) is 13.5. The summed E-state index contributed by atoms with van der Waals surface area (Å²) < 4.78 is 5.20. The van der Waals surface area contributed by atoms with E-state index in [9.17, 15) is 20.2 Å². The minimum atomic E-state index is -0.520. The molecule has 2 aromatic rings. The molecule has 0 unspecified atom stereocenters. The molecule has 0 N–H and O–H groups in total. The summed E-state index contributed by atoms with van der Waals surface area (Å²) in [5, 5.41) is 20.1. The van der Waals surface area contributed by atoms with Crippen molar-refractivity contribution in [1.29, 1.82) is 5.26 Å². The summed E-state index contributed by atoms with van der Waals surface area (Å²) in [7, 11) is 0. The highest BCUT2D eigenvalue weighted by molar-refractivity contribution is 6.10. The van der Waals surface area contributed by atoms with Crippen LogP contribution >= 0.6 is 0 Å². The molecule has 0 aliphatic carbocycles. The van der Waals surface area contributed by atoms with Gasteiger partial charge in [0.05, 0.1) is 10.5 Å². The van der Waals surface area contributed by atoms with Crippen LogP contribution in [0.2, 0.25) is 0 Å². The smallest absolute Gasteiger partial charge is 0.344 e. The standard InChI is InChI=1S/C16H8N2O4/c17-9-14(10-5-7-11(8-6-10)18(20)21)15-12-3-1-2-4-13(12)16(19)22-15/h1-8H/b15-14-. The zero-order valence-corrected chi connectivity index (χ0v) is 11.1. The minimum Gasteiger partial charge on any atom is -0.421 e. The molecule has 6 nitrogen and oxygen atoms in total. The van der Waals surface area contributed by atoms with Crippen LogP contribution in [0.15, 0.2) is 48.5 Å². The van der Waals surface area contributed by atoms with Crippen LogP contribution < -0.4 is 0 Å². The summed E-state index contributed by atoms with van der Waals surface area (Å²) in [6.45, 7) is 0. The van der Waals surface area contributed by atoms with Crippen molar-refractivity contribution in [3.8, 4) is 6.07 Å². The fourth-order valence-corrected chi connectivity index (χ4v) is 2.24. The zero-order chi connectivity index (χ0) is 15.7. The molecular weight excluding hydrogens is 284 g/mol. The lowest BCUT2D eigenvalue weighted by atomic mass is 10.0. The van der Waals surface area contributed by atoms with E-state index in [0.29, 0.717) is 16.7 Å². The maximum atomic E-state index is 11.8. The zero-order valence-electron chi connectivity index (χ0n) is 11.1. The number of non-ortho nitro benzene ring substituents is 1. The maximum absolute atomic E-state index is 11.8. The van der Waals surface area contributed by atoms with Gasteiger partial charge in [-0.05, 0) is 23.8 Å². The summed E-state index contributed by atoms with van der Waals surface area (Å²) in [6.07, 6.45) is 0. The molecule has 0 radical (unpaired) electrons. The number of nitriles is 1. The number of ether oxygens (including phenoxy) is 1. The second-order valence-corrected chi connectivity index (χ2v) is 4.56. The Bertz CT molecular complexity index is 860. The lowest BCUT2D eigenvalue weighted by Crippen LogP contribution is -1.94. The van der Waals surface area contributed by atoms with Gasteiger partial charge in [-0.25, -0.2) is 4.79 Å². The average molecular weight is 292 g/mol. The van der Waals surface area contributed by atoms with E-state index in [4.69, 9.17) is 4.74 Å². The SMILES string of the molecule is N#C/C(=C1/OC(=O)c2ccccc21)c1ccc([N+](=O)[O-])cc1. The molecule has 2 aromatic carbocycles. The van der Waals surface area contributed by atoms with E-state index in [1.807, 2.05) is 6.07 Å². The molecule has 3 rings (SSSR count). The number of carbonyl (C=O) groups is 1. The third kappa shape index (κ3) is 2.11. The molecule has 0 fully saturated rings. The van der Waals surface area contributed by atoms with Crippen molar-refractivity contribution in [2.24, 2.45) is 0 Å². The van der Waals surface area contributed by atoms with E-state index in [-0.39, 0.29) is 17.0 Å². The maximum Gasteiger partial charge on any atom is 0.344 e. The van der Waals surface area contributed by atoms with Gasteiger partial charge in [-0.3, -0.25) is 10.1 Å². The highest BCUT2D eigenvalue weighted by atomic mass is 16.6. The van der Waals surface area contributed by atoms with Crippen LogP contribution in [0.4, 0.5) is 5.69 Å². The van der Waals surface area contributed by atoms with Gasteiger partial charge in [-0.15, -0.1) is 0 Å². The third-order valence-electron chi connectivity index (χ3n) is 3.29. The van der Waals surface area contributed by atoms with Gasteiger partial charge in [0.1, 0.15) is 11.6 Å². The number of benzene rings is 2. The summed E-state index contributed by atoms with van der Waals surface area (Å²) in [5.74, 6) is -0.336. The molecule has 0 saturated heterocycles. The topological polar surface area (TPSA) is 93.2 Å². The summed E-state index contributed by atoms with van der Waals surface area (Å²) in [5.41, 5.74) is 1.48. The van der Waals surface area contributed by atoms with Gasteiger partial charge in [-0.1, -0.05) is 18.2 Å². The molecule has 0 bridgehead atoms. The highest BCUT2D eigenvalue weighted by Gasteiger charge is 2.29. The number of rotatable bonds is 2. The molecule has 106 valence electrons. The largest absolute Gasteiger partial charge is 0.421 e. The fraction of sp³-hybridized carbons (Fsp3) is 0. The molecule has 1 aliphatic heterocycles. The monoisotopic (exact) mass is 292 g/mol. The highest BCUT2D eigenvalue weighted by Crippen LogP contribution is 2.35. The molecular formula is C16H8N2O4. The Morgan fingerprint density at radius 2 is 1.73 bits per heavy atom. The van der Waals surface area contributed by atoms with Gasteiger partial charge in [0, 0.05) is 17.7 Å². The Morgan fingerprint density at radius 1 is 1.09 bits per heavy atom. The second kappa shape index (κ2) is 5.14. The lowest BCUT2D eigenvalue weighted by Gasteiger charge is -2.04. The molecule has 0 aromatic heterocycles. The van der Waals surface area contributed by atoms with Gasteiger partial charge in [0.15, 0.2) is 5.76 Å². The summed E-state index contributed by atoms with van der Waals surface area (Å²) in [4.78, 5) is 22.0. The van der Waals surface area contributed by atoms with Crippen LogP contribution in [0.5, 0.6) is 0 Å². The van der Waals surface area contributed by atoms with Crippen LogP contribution in [-0.2, 0) is 4.74 Å². The first-order valence-electron chi connectivity index (χ1n) is 6.32. The lowest BCUT2D eigenvalue weighted by molar-refractivity contribution is -0.384. The number of hydrogen-bond donors (Lipinski definition) is 0. The molecule has 1 heterocycles. The van der Waals surface area contributed by atoms with Crippen LogP contribution in [0.25, 0.3) is 11.3 Å². The molecule has 0 saturated carbocycles. The molecule has 0 atom stereocenters. The summed E-state index contributed by atoms with van der Waals surface area (Å²) >= 11 is 0. The minimum absolute atomic E-state index is 0.0742. The number of nitro benzene ring substituents is 1. The third-order valence-corrected chi connectivity index (χ3v) is 3.29. The van der Waals surface area contributed by atoms with E-state index in [2.05, 4.69) is 0 Å². The number of nitrogens with zero attached hydrogens (tertiary/aromatic N) is 2. The van der Waals surface area contributed by atoms with E-state index in [0.717, 1.165) is 0 Å². The van der Waals surface area contributed by atoms with Gasteiger partial charge in [-0.2, -0.15) is 5.26 Å². The number of cyclic esters (lactones) is 1. The van der Waals surface area contributed by atoms with Gasteiger partial charge in [0.25, 0.3) is 5.69 Å². The molecule has 22 heavy (non-hydrogen) atoms.